The normalized spacial score (nSPS) is 15.2. The zero-order valence-electron chi connectivity index (χ0n) is 18.1. The summed E-state index contributed by atoms with van der Waals surface area (Å²) in [5.41, 5.74) is 2.23. The van der Waals surface area contributed by atoms with Gasteiger partial charge in [-0.1, -0.05) is 24.3 Å². The number of nitrogens with one attached hydrogen (secondary N) is 1. The molecule has 0 saturated carbocycles. The predicted octanol–water partition coefficient (Wildman–Crippen LogP) is 3.52. The predicted molar refractivity (Wildman–Crippen MR) is 122 cm³/mol. The Morgan fingerprint density at radius 1 is 1.09 bits per heavy atom. The van der Waals surface area contributed by atoms with Crippen molar-refractivity contribution in [2.75, 3.05) is 44.7 Å². The van der Waals surface area contributed by atoms with Gasteiger partial charge in [-0.2, -0.15) is 0 Å². The number of pyridine rings is 1. The number of hydrogen-bond donors (Lipinski definition) is 1. The van der Waals surface area contributed by atoms with Gasteiger partial charge in [0.05, 0.1) is 18.8 Å². The molecule has 2 heterocycles. The highest BCUT2D eigenvalue weighted by Gasteiger charge is 2.27. The van der Waals surface area contributed by atoms with Gasteiger partial charge >= 0.3 is 0 Å². The summed E-state index contributed by atoms with van der Waals surface area (Å²) in [5, 5.41) is 3.06. The molecule has 1 fully saturated rings. The van der Waals surface area contributed by atoms with Crippen LogP contribution in [0.2, 0.25) is 0 Å². The Balaban J connectivity index is 1.45. The van der Waals surface area contributed by atoms with Crippen LogP contribution < -0.4 is 15.0 Å². The lowest BCUT2D eigenvalue weighted by molar-refractivity contribution is 0.0929. The number of rotatable bonds is 7. The summed E-state index contributed by atoms with van der Waals surface area (Å²) in [6, 6.07) is 17.9. The smallest absolute Gasteiger partial charge is 0.251 e. The molecule has 166 valence electrons. The summed E-state index contributed by atoms with van der Waals surface area (Å²) in [4.78, 5) is 21.4. The van der Waals surface area contributed by atoms with Crippen LogP contribution in [0.15, 0.2) is 73.1 Å². The molecule has 1 aliphatic heterocycles. The molecule has 1 atom stereocenters. The molecular weight excluding hydrogens is 407 g/mol. The average Bonchev–Trinajstić information content (AvgIpc) is 2.85. The van der Waals surface area contributed by atoms with Crippen LogP contribution in [0, 0.1) is 5.82 Å². The summed E-state index contributed by atoms with van der Waals surface area (Å²) >= 11 is 0. The Morgan fingerprint density at radius 2 is 1.91 bits per heavy atom. The zero-order chi connectivity index (χ0) is 22.3. The lowest BCUT2D eigenvalue weighted by Crippen LogP contribution is -2.50. The Hall–Kier alpha value is -3.45. The molecule has 3 aromatic rings. The number of aromatic nitrogens is 1. The molecule has 32 heavy (non-hydrogen) atoms. The number of benzene rings is 2. The number of piperazine rings is 1. The summed E-state index contributed by atoms with van der Waals surface area (Å²) in [6.45, 7) is 3.37. The van der Waals surface area contributed by atoms with Crippen molar-refractivity contribution in [2.45, 2.75) is 6.04 Å². The van der Waals surface area contributed by atoms with E-state index in [-0.39, 0.29) is 17.8 Å². The molecule has 1 aliphatic rings. The fraction of sp³-hybridized carbons (Fsp3) is 0.280. The molecule has 1 aromatic heterocycles. The van der Waals surface area contributed by atoms with Crippen molar-refractivity contribution in [3.05, 3.63) is 90.0 Å². The molecule has 1 unspecified atom stereocenters. The molecule has 0 aliphatic carbocycles. The van der Waals surface area contributed by atoms with E-state index >= 15 is 0 Å². The minimum atomic E-state index is -0.199. The topological polar surface area (TPSA) is 57.7 Å². The SMILES string of the molecule is COc1cccc(C(=O)NCC(c2cccnc2)N2CCN(c3ccccc3F)CC2)c1. The summed E-state index contributed by atoms with van der Waals surface area (Å²) < 4.78 is 19.4. The Kier molecular flexibility index (Phi) is 6.97. The van der Waals surface area contributed by atoms with E-state index in [1.165, 1.54) is 6.07 Å². The van der Waals surface area contributed by atoms with Crippen LogP contribution >= 0.6 is 0 Å². The van der Waals surface area contributed by atoms with Crippen LogP contribution in [-0.4, -0.2) is 55.6 Å². The maximum absolute atomic E-state index is 14.2. The third kappa shape index (κ3) is 5.06. The highest BCUT2D eigenvalue weighted by molar-refractivity contribution is 5.94. The molecule has 1 amide bonds. The van der Waals surface area contributed by atoms with E-state index < -0.39 is 0 Å². The van der Waals surface area contributed by atoms with Crippen molar-refractivity contribution >= 4 is 11.6 Å². The third-order valence-electron chi connectivity index (χ3n) is 5.81. The number of hydrogen-bond acceptors (Lipinski definition) is 5. The molecule has 0 spiro atoms. The van der Waals surface area contributed by atoms with Gasteiger partial charge in [0, 0.05) is 50.7 Å². The van der Waals surface area contributed by atoms with E-state index in [1.54, 1.807) is 37.6 Å². The Morgan fingerprint density at radius 3 is 2.62 bits per heavy atom. The van der Waals surface area contributed by atoms with Crippen molar-refractivity contribution in [3.63, 3.8) is 0 Å². The van der Waals surface area contributed by atoms with Crippen molar-refractivity contribution in [1.82, 2.24) is 15.2 Å². The summed E-state index contributed by atoms with van der Waals surface area (Å²) in [5.74, 6) is 0.295. The Labute approximate surface area is 187 Å². The number of amides is 1. The van der Waals surface area contributed by atoms with E-state index in [9.17, 15) is 9.18 Å². The largest absolute Gasteiger partial charge is 0.497 e. The number of anilines is 1. The van der Waals surface area contributed by atoms with Crippen LogP contribution in [0.1, 0.15) is 22.0 Å². The van der Waals surface area contributed by atoms with Gasteiger partial charge in [-0.15, -0.1) is 0 Å². The van der Waals surface area contributed by atoms with Crippen molar-refractivity contribution in [3.8, 4) is 5.75 Å². The number of carbonyl (C=O) groups is 1. The van der Waals surface area contributed by atoms with E-state index in [0.717, 1.165) is 18.7 Å². The molecule has 1 saturated heterocycles. The van der Waals surface area contributed by atoms with Crippen molar-refractivity contribution in [1.29, 1.82) is 0 Å². The standard InChI is InChI=1S/C25H27FN4O2/c1-32-21-8-4-6-19(16-21)25(31)28-18-24(20-7-5-11-27-17-20)30-14-12-29(13-15-30)23-10-3-2-9-22(23)26/h2-11,16-17,24H,12-15,18H2,1H3,(H,28,31). The van der Waals surface area contributed by atoms with Gasteiger partial charge in [-0.3, -0.25) is 14.7 Å². The van der Waals surface area contributed by atoms with Gasteiger partial charge < -0.3 is 15.0 Å². The van der Waals surface area contributed by atoms with Gasteiger partial charge in [0.2, 0.25) is 0 Å². The van der Waals surface area contributed by atoms with Crippen LogP contribution in [0.5, 0.6) is 5.75 Å². The van der Waals surface area contributed by atoms with E-state index in [2.05, 4.69) is 20.1 Å². The number of nitrogens with zero attached hydrogens (tertiary/aromatic N) is 3. The number of para-hydroxylation sites is 1. The summed E-state index contributed by atoms with van der Waals surface area (Å²) in [7, 11) is 1.58. The average molecular weight is 435 g/mol. The maximum Gasteiger partial charge on any atom is 0.251 e. The molecule has 4 rings (SSSR count). The van der Waals surface area contributed by atoms with Crippen molar-refractivity contribution in [2.24, 2.45) is 0 Å². The maximum atomic E-state index is 14.2. The zero-order valence-corrected chi connectivity index (χ0v) is 18.1. The molecule has 2 aromatic carbocycles. The fourth-order valence-electron chi connectivity index (χ4n) is 4.07. The highest BCUT2D eigenvalue weighted by atomic mass is 19.1. The first-order chi connectivity index (χ1) is 15.7. The number of methoxy groups -OCH3 is 1. The second kappa shape index (κ2) is 10.2. The number of carbonyl (C=O) groups excluding carboxylic acids is 1. The first-order valence-corrected chi connectivity index (χ1v) is 10.7. The van der Waals surface area contributed by atoms with Crippen molar-refractivity contribution < 1.29 is 13.9 Å². The third-order valence-corrected chi connectivity index (χ3v) is 5.81. The molecule has 7 heteroatoms. The first kappa shape index (κ1) is 21.8. The molecule has 0 bridgehead atoms. The van der Waals surface area contributed by atoms with Crippen LogP contribution in [0.4, 0.5) is 10.1 Å². The highest BCUT2D eigenvalue weighted by Crippen LogP contribution is 2.25. The van der Waals surface area contributed by atoms with E-state index in [0.29, 0.717) is 36.6 Å². The number of ether oxygens (including phenoxy) is 1. The minimum Gasteiger partial charge on any atom is -0.497 e. The number of halogens is 1. The van der Waals surface area contributed by atoms with Gasteiger partial charge in [0.25, 0.3) is 5.91 Å². The quantitative estimate of drug-likeness (QED) is 0.617. The minimum absolute atomic E-state index is 0.0268. The van der Waals surface area contributed by atoms with Gasteiger partial charge in [-0.05, 0) is 42.0 Å². The molecular formula is C25H27FN4O2. The van der Waals surface area contributed by atoms with Crippen LogP contribution in [0.25, 0.3) is 0 Å². The van der Waals surface area contributed by atoms with E-state index in [1.807, 2.05) is 36.5 Å². The fourth-order valence-corrected chi connectivity index (χ4v) is 4.07. The molecule has 6 nitrogen and oxygen atoms in total. The Bertz CT molecular complexity index is 1040. The van der Waals surface area contributed by atoms with Gasteiger partial charge in [0.15, 0.2) is 0 Å². The molecule has 0 radical (unpaired) electrons. The summed E-state index contributed by atoms with van der Waals surface area (Å²) in [6.07, 6.45) is 3.58. The van der Waals surface area contributed by atoms with Gasteiger partial charge in [0.1, 0.15) is 11.6 Å². The second-order valence-corrected chi connectivity index (χ2v) is 7.72. The lowest BCUT2D eigenvalue weighted by atomic mass is 10.1. The second-order valence-electron chi connectivity index (χ2n) is 7.72. The van der Waals surface area contributed by atoms with Crippen LogP contribution in [-0.2, 0) is 0 Å². The van der Waals surface area contributed by atoms with Crippen LogP contribution in [0.3, 0.4) is 0 Å². The molecule has 1 N–H and O–H groups in total. The van der Waals surface area contributed by atoms with E-state index in [4.69, 9.17) is 4.74 Å². The monoisotopic (exact) mass is 434 g/mol. The first-order valence-electron chi connectivity index (χ1n) is 10.7. The lowest BCUT2D eigenvalue weighted by Gasteiger charge is -2.40. The van der Waals surface area contributed by atoms with Gasteiger partial charge in [-0.25, -0.2) is 4.39 Å².